The van der Waals surface area contributed by atoms with E-state index in [-0.39, 0.29) is 5.97 Å². The Morgan fingerprint density at radius 2 is 2.05 bits per heavy atom. The van der Waals surface area contributed by atoms with Gasteiger partial charge in [0.1, 0.15) is 5.54 Å². The smallest absolute Gasteiger partial charge is 0.327 e. The lowest BCUT2D eigenvalue weighted by Crippen LogP contribution is -2.62. The first-order chi connectivity index (χ1) is 9.53. The second-order valence-electron chi connectivity index (χ2n) is 6.71. The first-order valence-corrected chi connectivity index (χ1v) is 8.09. The Balaban J connectivity index is 2.09. The molecular weight excluding hydrogens is 252 g/mol. The molecule has 2 saturated carbocycles. The number of nitrogens with zero attached hydrogens (tertiary/aromatic N) is 1. The predicted octanol–water partition coefficient (Wildman–Crippen LogP) is 2.18. The molecule has 2 aliphatic rings. The zero-order chi connectivity index (χ0) is 14.8. The number of likely N-dealkylation sites (N-methyl/N-ethyl adjacent to an activating group) is 1. The maximum atomic E-state index is 12.5. The predicted molar refractivity (Wildman–Crippen MR) is 80.6 cm³/mol. The highest BCUT2D eigenvalue weighted by Crippen LogP contribution is 2.43. The average molecular weight is 282 g/mol. The van der Waals surface area contributed by atoms with Gasteiger partial charge in [-0.3, -0.25) is 5.32 Å². The Morgan fingerprint density at radius 1 is 1.40 bits per heavy atom. The zero-order valence-electron chi connectivity index (χ0n) is 13.4. The number of carbonyl (C=O) groups excluding carboxylic acids is 1. The Hall–Kier alpha value is -0.610. The van der Waals surface area contributed by atoms with Crippen LogP contribution >= 0.6 is 0 Å². The molecule has 4 heteroatoms. The van der Waals surface area contributed by atoms with E-state index in [4.69, 9.17) is 4.74 Å². The molecule has 116 valence electrons. The molecule has 20 heavy (non-hydrogen) atoms. The van der Waals surface area contributed by atoms with Crippen molar-refractivity contribution in [1.29, 1.82) is 0 Å². The summed E-state index contributed by atoms with van der Waals surface area (Å²) in [6.07, 6.45) is 7.02. The number of hydrogen-bond donors (Lipinski definition) is 1. The van der Waals surface area contributed by atoms with Gasteiger partial charge in [0.05, 0.1) is 7.11 Å². The van der Waals surface area contributed by atoms with Crippen LogP contribution in [0.1, 0.15) is 52.4 Å². The van der Waals surface area contributed by atoms with Crippen molar-refractivity contribution in [3.63, 3.8) is 0 Å². The summed E-state index contributed by atoms with van der Waals surface area (Å²) in [7, 11) is 3.65. The van der Waals surface area contributed by atoms with Crippen LogP contribution in [0.3, 0.4) is 0 Å². The lowest BCUT2D eigenvalue weighted by Gasteiger charge is -2.38. The molecule has 0 aliphatic heterocycles. The van der Waals surface area contributed by atoms with Crippen LogP contribution in [0.2, 0.25) is 0 Å². The Kier molecular flexibility index (Phi) is 5.08. The third-order valence-corrected chi connectivity index (χ3v) is 4.82. The minimum atomic E-state index is -0.479. The number of carbonyl (C=O) groups is 1. The average Bonchev–Trinajstić information content (AvgIpc) is 3.27. The second kappa shape index (κ2) is 6.44. The number of methoxy groups -OCH3 is 1. The fourth-order valence-electron chi connectivity index (χ4n) is 3.12. The van der Waals surface area contributed by atoms with E-state index in [1.54, 1.807) is 0 Å². The van der Waals surface area contributed by atoms with Crippen LogP contribution in [0.4, 0.5) is 0 Å². The van der Waals surface area contributed by atoms with Gasteiger partial charge in [0.15, 0.2) is 0 Å². The summed E-state index contributed by atoms with van der Waals surface area (Å²) in [6, 6.07) is 1.02. The second-order valence-corrected chi connectivity index (χ2v) is 6.71. The van der Waals surface area contributed by atoms with Gasteiger partial charge in [0.25, 0.3) is 0 Å². The number of nitrogens with one attached hydrogen (secondary N) is 1. The maximum absolute atomic E-state index is 12.5. The fourth-order valence-corrected chi connectivity index (χ4v) is 3.12. The van der Waals surface area contributed by atoms with Crippen molar-refractivity contribution in [2.24, 2.45) is 5.92 Å². The van der Waals surface area contributed by atoms with Gasteiger partial charge in [-0.2, -0.15) is 0 Å². The Bertz CT molecular complexity index is 339. The van der Waals surface area contributed by atoms with E-state index in [1.165, 1.54) is 32.8 Å². The summed E-state index contributed by atoms with van der Waals surface area (Å²) < 4.78 is 5.16. The summed E-state index contributed by atoms with van der Waals surface area (Å²) in [5, 5.41) is 3.63. The molecule has 1 N–H and O–H groups in total. The lowest BCUT2D eigenvalue weighted by molar-refractivity contribution is -0.151. The fraction of sp³-hybridized carbons (Fsp3) is 0.938. The van der Waals surface area contributed by atoms with Crippen molar-refractivity contribution in [1.82, 2.24) is 10.2 Å². The third kappa shape index (κ3) is 3.53. The summed E-state index contributed by atoms with van der Waals surface area (Å²) in [5.74, 6) is 0.384. The molecule has 0 aromatic heterocycles. The first kappa shape index (κ1) is 15.8. The first-order valence-electron chi connectivity index (χ1n) is 8.09. The summed E-state index contributed by atoms with van der Waals surface area (Å²) in [4.78, 5) is 14.8. The molecule has 0 bridgehead atoms. The molecule has 0 heterocycles. The van der Waals surface area contributed by atoms with E-state index in [0.29, 0.717) is 18.0 Å². The molecule has 2 aliphatic carbocycles. The maximum Gasteiger partial charge on any atom is 0.327 e. The molecule has 2 unspecified atom stereocenters. The van der Waals surface area contributed by atoms with Crippen LogP contribution in [0.15, 0.2) is 0 Å². The molecule has 0 radical (unpaired) electrons. The molecule has 0 aromatic rings. The van der Waals surface area contributed by atoms with E-state index >= 15 is 0 Å². The molecule has 2 rings (SSSR count). The third-order valence-electron chi connectivity index (χ3n) is 4.82. The van der Waals surface area contributed by atoms with Crippen molar-refractivity contribution in [3.8, 4) is 0 Å². The molecule has 2 fully saturated rings. The van der Waals surface area contributed by atoms with Crippen LogP contribution in [0.5, 0.6) is 0 Å². The minimum absolute atomic E-state index is 0.0672. The minimum Gasteiger partial charge on any atom is -0.468 e. The number of ether oxygens (including phenoxy) is 1. The van der Waals surface area contributed by atoms with Crippen molar-refractivity contribution in [2.75, 3.05) is 20.7 Å². The number of rotatable bonds is 9. The van der Waals surface area contributed by atoms with Crippen molar-refractivity contribution >= 4 is 5.97 Å². The Morgan fingerprint density at radius 3 is 2.50 bits per heavy atom. The van der Waals surface area contributed by atoms with E-state index in [0.717, 1.165) is 19.4 Å². The zero-order valence-corrected chi connectivity index (χ0v) is 13.4. The molecule has 0 saturated heterocycles. The standard InChI is InChI=1S/C16H30N2O2/c1-5-6-12(2)18(3)11-16(13-7-8-13,15(19)20-4)17-14-9-10-14/h12-14,17H,5-11H2,1-4H3. The summed E-state index contributed by atoms with van der Waals surface area (Å²) >= 11 is 0. The van der Waals surface area contributed by atoms with Gasteiger partial charge < -0.3 is 9.64 Å². The molecule has 0 amide bonds. The number of hydrogen-bond acceptors (Lipinski definition) is 4. The van der Waals surface area contributed by atoms with Crippen molar-refractivity contribution in [3.05, 3.63) is 0 Å². The van der Waals surface area contributed by atoms with E-state index in [1.807, 2.05) is 0 Å². The highest BCUT2D eigenvalue weighted by Gasteiger charge is 2.54. The van der Waals surface area contributed by atoms with Crippen LogP contribution < -0.4 is 5.32 Å². The van der Waals surface area contributed by atoms with E-state index < -0.39 is 5.54 Å². The van der Waals surface area contributed by atoms with Gasteiger partial charge in [0.2, 0.25) is 0 Å². The van der Waals surface area contributed by atoms with Crippen molar-refractivity contribution in [2.45, 2.75) is 70.0 Å². The van der Waals surface area contributed by atoms with Crippen LogP contribution in [-0.4, -0.2) is 49.2 Å². The molecular formula is C16H30N2O2. The van der Waals surface area contributed by atoms with Crippen LogP contribution in [-0.2, 0) is 9.53 Å². The van der Waals surface area contributed by atoms with Gasteiger partial charge >= 0.3 is 5.97 Å². The van der Waals surface area contributed by atoms with Crippen LogP contribution in [0, 0.1) is 5.92 Å². The highest BCUT2D eigenvalue weighted by atomic mass is 16.5. The summed E-state index contributed by atoms with van der Waals surface area (Å²) in [5.41, 5.74) is -0.479. The summed E-state index contributed by atoms with van der Waals surface area (Å²) in [6.45, 7) is 5.22. The van der Waals surface area contributed by atoms with Crippen molar-refractivity contribution < 1.29 is 9.53 Å². The Labute approximate surface area is 123 Å². The quantitative estimate of drug-likeness (QED) is 0.658. The van der Waals surface area contributed by atoms with Gasteiger partial charge in [0, 0.05) is 18.6 Å². The van der Waals surface area contributed by atoms with Gasteiger partial charge in [-0.25, -0.2) is 4.79 Å². The molecule has 4 nitrogen and oxygen atoms in total. The van der Waals surface area contributed by atoms with Crippen LogP contribution in [0.25, 0.3) is 0 Å². The highest BCUT2D eigenvalue weighted by molar-refractivity contribution is 5.82. The van der Waals surface area contributed by atoms with E-state index in [9.17, 15) is 4.79 Å². The normalized spacial score (nSPS) is 23.4. The molecule has 2 atom stereocenters. The largest absolute Gasteiger partial charge is 0.468 e. The van der Waals surface area contributed by atoms with Gasteiger partial charge in [-0.05, 0) is 52.0 Å². The monoisotopic (exact) mass is 282 g/mol. The van der Waals surface area contributed by atoms with Gasteiger partial charge in [-0.1, -0.05) is 13.3 Å². The topological polar surface area (TPSA) is 41.6 Å². The molecule has 0 spiro atoms. The number of esters is 1. The lowest BCUT2D eigenvalue weighted by atomic mass is 9.91. The van der Waals surface area contributed by atoms with Gasteiger partial charge in [-0.15, -0.1) is 0 Å². The van der Waals surface area contributed by atoms with E-state index in [2.05, 4.69) is 31.1 Å². The molecule has 0 aromatic carbocycles. The SMILES string of the molecule is CCCC(C)N(C)CC(NC1CC1)(C(=O)OC)C1CC1.